The summed E-state index contributed by atoms with van der Waals surface area (Å²) in [5.41, 5.74) is 3.18. The van der Waals surface area contributed by atoms with Gasteiger partial charge in [-0.2, -0.15) is 5.10 Å². The van der Waals surface area contributed by atoms with E-state index in [0.29, 0.717) is 5.69 Å². The van der Waals surface area contributed by atoms with Crippen molar-refractivity contribution in [3.05, 3.63) is 72.2 Å². The number of carbonyl (C=O) groups excluding carboxylic acids is 1. The zero-order chi connectivity index (χ0) is 18.4. The molecule has 0 saturated heterocycles. The standard InChI is InChI=1S/C20H23N5O/c1-25(2)13-10-17(15-6-4-3-5-7-15)22-20(26)19-14-18(23-24-19)16-8-11-21-12-9-16/h3-9,11-12,14,17H,10,13H2,1-2H3,(H,22,26)(H,23,24). The fourth-order valence-electron chi connectivity index (χ4n) is 2.74. The van der Waals surface area contributed by atoms with Crippen molar-refractivity contribution in [2.24, 2.45) is 0 Å². The molecule has 1 atom stereocenters. The molecule has 2 aromatic heterocycles. The molecule has 0 bridgehead atoms. The molecule has 0 radical (unpaired) electrons. The summed E-state index contributed by atoms with van der Waals surface area (Å²) >= 11 is 0. The second-order valence-corrected chi connectivity index (χ2v) is 6.43. The third kappa shape index (κ3) is 4.55. The zero-order valence-electron chi connectivity index (χ0n) is 15.0. The molecular formula is C20H23N5O. The van der Waals surface area contributed by atoms with Gasteiger partial charge in [0.05, 0.1) is 11.7 Å². The van der Waals surface area contributed by atoms with Gasteiger partial charge in [-0.05, 0) is 50.8 Å². The van der Waals surface area contributed by atoms with Crippen molar-refractivity contribution in [3.63, 3.8) is 0 Å². The minimum atomic E-state index is -0.162. The van der Waals surface area contributed by atoms with E-state index in [-0.39, 0.29) is 11.9 Å². The summed E-state index contributed by atoms with van der Waals surface area (Å²) < 4.78 is 0. The number of benzene rings is 1. The first-order valence-electron chi connectivity index (χ1n) is 8.60. The van der Waals surface area contributed by atoms with Crippen molar-refractivity contribution in [2.45, 2.75) is 12.5 Å². The minimum Gasteiger partial charge on any atom is -0.344 e. The minimum absolute atomic E-state index is 0.0567. The van der Waals surface area contributed by atoms with Crippen LogP contribution in [-0.4, -0.2) is 46.6 Å². The predicted molar refractivity (Wildman–Crippen MR) is 102 cm³/mol. The smallest absolute Gasteiger partial charge is 0.269 e. The van der Waals surface area contributed by atoms with Crippen LogP contribution in [0.25, 0.3) is 11.3 Å². The van der Waals surface area contributed by atoms with E-state index in [2.05, 4.69) is 25.4 Å². The Hall–Kier alpha value is -2.99. The number of H-pyrrole nitrogens is 1. The van der Waals surface area contributed by atoms with Crippen molar-refractivity contribution in [1.29, 1.82) is 0 Å². The van der Waals surface area contributed by atoms with E-state index in [1.807, 2.05) is 56.6 Å². The van der Waals surface area contributed by atoms with Crippen molar-refractivity contribution >= 4 is 5.91 Å². The lowest BCUT2D eigenvalue weighted by Crippen LogP contribution is -2.31. The summed E-state index contributed by atoms with van der Waals surface area (Å²) in [6.45, 7) is 0.880. The predicted octanol–water partition coefficient (Wildman–Crippen LogP) is 2.89. The van der Waals surface area contributed by atoms with Crippen LogP contribution in [0.4, 0.5) is 0 Å². The van der Waals surface area contributed by atoms with Crippen molar-refractivity contribution in [2.75, 3.05) is 20.6 Å². The molecule has 0 aliphatic carbocycles. The molecule has 3 rings (SSSR count). The first-order chi connectivity index (χ1) is 12.6. The topological polar surface area (TPSA) is 73.9 Å². The molecule has 0 fully saturated rings. The van der Waals surface area contributed by atoms with Gasteiger partial charge >= 0.3 is 0 Å². The van der Waals surface area contributed by atoms with Crippen LogP contribution in [0.1, 0.15) is 28.5 Å². The van der Waals surface area contributed by atoms with Crippen LogP contribution >= 0.6 is 0 Å². The number of hydrogen-bond acceptors (Lipinski definition) is 4. The van der Waals surface area contributed by atoms with Gasteiger partial charge < -0.3 is 10.2 Å². The van der Waals surface area contributed by atoms with E-state index in [1.54, 1.807) is 18.5 Å². The van der Waals surface area contributed by atoms with Crippen LogP contribution < -0.4 is 5.32 Å². The first-order valence-corrected chi connectivity index (χ1v) is 8.60. The number of carbonyl (C=O) groups is 1. The van der Waals surface area contributed by atoms with Gasteiger partial charge in [-0.3, -0.25) is 14.9 Å². The zero-order valence-corrected chi connectivity index (χ0v) is 15.0. The average molecular weight is 349 g/mol. The maximum atomic E-state index is 12.7. The van der Waals surface area contributed by atoms with E-state index >= 15 is 0 Å². The fourth-order valence-corrected chi connectivity index (χ4v) is 2.74. The monoisotopic (exact) mass is 349 g/mol. The van der Waals surface area contributed by atoms with E-state index < -0.39 is 0 Å². The van der Waals surface area contributed by atoms with Gasteiger partial charge in [0.2, 0.25) is 0 Å². The summed E-state index contributed by atoms with van der Waals surface area (Å²) in [6.07, 6.45) is 4.24. The Bertz CT molecular complexity index is 830. The molecule has 0 saturated carbocycles. The Labute approximate surface area is 153 Å². The molecule has 0 spiro atoms. The van der Waals surface area contributed by atoms with Gasteiger partial charge in [0, 0.05) is 18.0 Å². The van der Waals surface area contributed by atoms with Gasteiger partial charge in [-0.15, -0.1) is 0 Å². The molecule has 1 amide bonds. The lowest BCUT2D eigenvalue weighted by atomic mass is 10.0. The molecule has 1 unspecified atom stereocenters. The highest BCUT2D eigenvalue weighted by molar-refractivity contribution is 5.93. The third-order valence-corrected chi connectivity index (χ3v) is 4.17. The van der Waals surface area contributed by atoms with Crippen LogP contribution in [-0.2, 0) is 0 Å². The molecule has 0 aliphatic rings. The SMILES string of the molecule is CN(C)CCC(NC(=O)c1cc(-c2ccncc2)n[nH]1)c1ccccc1. The van der Waals surface area contributed by atoms with Crippen LogP contribution in [0.3, 0.4) is 0 Å². The molecule has 6 heteroatoms. The number of nitrogens with one attached hydrogen (secondary N) is 2. The van der Waals surface area contributed by atoms with E-state index in [1.165, 1.54) is 0 Å². The summed E-state index contributed by atoms with van der Waals surface area (Å²) in [5.74, 6) is -0.162. The van der Waals surface area contributed by atoms with Crippen LogP contribution in [0.2, 0.25) is 0 Å². The van der Waals surface area contributed by atoms with Crippen molar-refractivity contribution in [3.8, 4) is 11.3 Å². The normalized spacial score (nSPS) is 12.1. The molecule has 1 aromatic carbocycles. The maximum Gasteiger partial charge on any atom is 0.269 e. The Morgan fingerprint density at radius 2 is 1.88 bits per heavy atom. The highest BCUT2D eigenvalue weighted by Gasteiger charge is 2.18. The third-order valence-electron chi connectivity index (χ3n) is 4.17. The van der Waals surface area contributed by atoms with E-state index in [9.17, 15) is 4.79 Å². The van der Waals surface area contributed by atoms with Crippen LogP contribution in [0.5, 0.6) is 0 Å². The van der Waals surface area contributed by atoms with Gasteiger partial charge in [-0.25, -0.2) is 0 Å². The molecule has 3 aromatic rings. The fraction of sp³-hybridized carbons (Fsp3) is 0.250. The number of hydrogen-bond donors (Lipinski definition) is 2. The molecule has 134 valence electrons. The maximum absolute atomic E-state index is 12.7. The summed E-state index contributed by atoms with van der Waals surface area (Å²) in [6, 6.07) is 15.5. The lowest BCUT2D eigenvalue weighted by Gasteiger charge is -2.21. The van der Waals surface area contributed by atoms with Crippen molar-refractivity contribution < 1.29 is 4.79 Å². The van der Waals surface area contributed by atoms with Gasteiger partial charge in [0.1, 0.15) is 5.69 Å². The summed E-state index contributed by atoms with van der Waals surface area (Å²) in [7, 11) is 4.06. The number of pyridine rings is 1. The Morgan fingerprint density at radius 3 is 2.58 bits per heavy atom. The Kier molecular flexibility index (Phi) is 5.76. The second-order valence-electron chi connectivity index (χ2n) is 6.43. The highest BCUT2D eigenvalue weighted by Crippen LogP contribution is 2.19. The molecule has 0 aliphatic heterocycles. The number of amides is 1. The number of aromatic amines is 1. The van der Waals surface area contributed by atoms with E-state index in [4.69, 9.17) is 0 Å². The quantitative estimate of drug-likeness (QED) is 0.688. The Morgan fingerprint density at radius 1 is 1.15 bits per heavy atom. The van der Waals surface area contributed by atoms with Gasteiger partial charge in [-0.1, -0.05) is 30.3 Å². The summed E-state index contributed by atoms with van der Waals surface area (Å²) in [4.78, 5) is 18.8. The molecular weight excluding hydrogens is 326 g/mol. The number of nitrogens with zero attached hydrogens (tertiary/aromatic N) is 3. The van der Waals surface area contributed by atoms with Gasteiger partial charge in [0.25, 0.3) is 5.91 Å². The van der Waals surface area contributed by atoms with Crippen LogP contribution in [0, 0.1) is 0 Å². The summed E-state index contributed by atoms with van der Waals surface area (Å²) in [5, 5.41) is 10.2. The molecule has 2 N–H and O–H groups in total. The average Bonchev–Trinajstić information content (AvgIpc) is 3.16. The lowest BCUT2D eigenvalue weighted by molar-refractivity contribution is 0.0927. The van der Waals surface area contributed by atoms with E-state index in [0.717, 1.165) is 29.8 Å². The highest BCUT2D eigenvalue weighted by atomic mass is 16.2. The second kappa shape index (κ2) is 8.40. The number of aromatic nitrogens is 3. The number of rotatable bonds is 7. The van der Waals surface area contributed by atoms with Gasteiger partial charge in [0.15, 0.2) is 0 Å². The first kappa shape index (κ1) is 17.8. The molecule has 26 heavy (non-hydrogen) atoms. The van der Waals surface area contributed by atoms with Crippen LogP contribution in [0.15, 0.2) is 60.9 Å². The largest absolute Gasteiger partial charge is 0.344 e. The Balaban J connectivity index is 1.74. The molecule has 6 nitrogen and oxygen atoms in total. The van der Waals surface area contributed by atoms with Crippen molar-refractivity contribution in [1.82, 2.24) is 25.4 Å². The molecule has 2 heterocycles.